The van der Waals surface area contributed by atoms with Crippen molar-refractivity contribution in [3.63, 3.8) is 0 Å². The highest BCUT2D eigenvalue weighted by atomic mass is 32.1. The Bertz CT molecular complexity index is 1500. The normalized spacial score (nSPS) is 13.2. The number of anilines is 1. The quantitative estimate of drug-likeness (QED) is 0.338. The Kier molecular flexibility index (Phi) is 6.38. The summed E-state index contributed by atoms with van der Waals surface area (Å²) in [6.07, 6.45) is 3.62. The molecule has 3 heterocycles. The Balaban J connectivity index is 1.60. The van der Waals surface area contributed by atoms with Gasteiger partial charge in [-0.3, -0.25) is 9.48 Å². The van der Waals surface area contributed by atoms with E-state index in [1.165, 1.54) is 11.3 Å². The van der Waals surface area contributed by atoms with E-state index in [1.54, 1.807) is 0 Å². The maximum atomic E-state index is 13.8. The van der Waals surface area contributed by atoms with E-state index >= 15 is 0 Å². The number of hydrogen-bond acceptors (Lipinski definition) is 6. The number of aromatic nitrogens is 3. The number of para-hydroxylation sites is 1. The Labute approximate surface area is 214 Å². The molecule has 1 N–H and O–H groups in total. The minimum Gasteiger partial charge on any atom is -0.459 e. The molecule has 5 rings (SSSR count). The summed E-state index contributed by atoms with van der Waals surface area (Å²) >= 11 is 1.49. The molecular formula is C28H30N4O3S. The number of pyridine rings is 1. The number of carbonyl (C=O) groups is 2. The Morgan fingerprint density at radius 1 is 1.14 bits per heavy atom. The summed E-state index contributed by atoms with van der Waals surface area (Å²) in [5, 5.41) is 8.92. The number of thiophene rings is 1. The summed E-state index contributed by atoms with van der Waals surface area (Å²) < 4.78 is 7.39. The van der Waals surface area contributed by atoms with Crippen LogP contribution in [-0.4, -0.2) is 32.7 Å². The summed E-state index contributed by atoms with van der Waals surface area (Å²) in [5.74, 6) is -0.646. The number of benzene rings is 1. The van der Waals surface area contributed by atoms with Crippen LogP contribution >= 0.6 is 11.3 Å². The number of carbonyl (C=O) groups excluding carboxylic acids is 2. The van der Waals surface area contributed by atoms with Gasteiger partial charge in [0.25, 0.3) is 5.91 Å². The van der Waals surface area contributed by atoms with Gasteiger partial charge in [0.2, 0.25) is 0 Å². The first-order valence-corrected chi connectivity index (χ1v) is 13.1. The molecule has 4 aromatic rings. The van der Waals surface area contributed by atoms with Crippen LogP contribution in [0.1, 0.15) is 69.2 Å². The first-order valence-electron chi connectivity index (χ1n) is 12.3. The highest BCUT2D eigenvalue weighted by molar-refractivity contribution is 7.17. The standard InChI is InChI=1S/C28H30N4O3S/c1-15(2)35-28(34)25-19-11-7-9-13-23(19)36-27(25)30-26(33)20-14-22(24-16(3)31-32(5)17(24)4)29-21-12-8-6-10-18(20)21/h6,8,10,12,14-15H,7,9,11,13H2,1-5H3,(H,30,33). The number of amides is 1. The van der Waals surface area contributed by atoms with Crippen molar-refractivity contribution in [2.24, 2.45) is 7.05 Å². The zero-order chi connectivity index (χ0) is 25.6. The minimum atomic E-state index is -0.374. The molecule has 186 valence electrons. The summed E-state index contributed by atoms with van der Waals surface area (Å²) in [7, 11) is 1.90. The zero-order valence-corrected chi connectivity index (χ0v) is 22.1. The highest BCUT2D eigenvalue weighted by Crippen LogP contribution is 2.39. The SMILES string of the molecule is Cc1nn(C)c(C)c1-c1cc(C(=O)Nc2sc3c(c2C(=O)OC(C)C)CCCC3)c2ccccc2n1. The van der Waals surface area contributed by atoms with E-state index in [2.05, 4.69) is 10.4 Å². The third kappa shape index (κ3) is 4.30. The molecule has 0 spiro atoms. The van der Waals surface area contributed by atoms with Gasteiger partial charge < -0.3 is 10.1 Å². The monoisotopic (exact) mass is 502 g/mol. The third-order valence-electron chi connectivity index (χ3n) is 6.67. The molecule has 0 saturated carbocycles. The van der Waals surface area contributed by atoms with Crippen molar-refractivity contribution in [1.82, 2.24) is 14.8 Å². The number of rotatable bonds is 5. The van der Waals surface area contributed by atoms with Crippen LogP contribution in [0.15, 0.2) is 30.3 Å². The lowest BCUT2D eigenvalue weighted by Gasteiger charge is -2.14. The Hall–Kier alpha value is -3.52. The van der Waals surface area contributed by atoms with Crippen LogP contribution in [0.2, 0.25) is 0 Å². The van der Waals surface area contributed by atoms with Crippen LogP contribution in [0, 0.1) is 13.8 Å². The Morgan fingerprint density at radius 2 is 1.89 bits per heavy atom. The lowest BCUT2D eigenvalue weighted by atomic mass is 9.95. The fourth-order valence-electron chi connectivity index (χ4n) is 4.95. The van der Waals surface area contributed by atoms with Crippen molar-refractivity contribution in [3.05, 3.63) is 63.3 Å². The smallest absolute Gasteiger partial charge is 0.341 e. The largest absolute Gasteiger partial charge is 0.459 e. The summed E-state index contributed by atoms with van der Waals surface area (Å²) in [6, 6.07) is 9.45. The number of nitrogens with zero attached hydrogens (tertiary/aromatic N) is 3. The second-order valence-electron chi connectivity index (χ2n) is 9.56. The van der Waals surface area contributed by atoms with Crippen molar-refractivity contribution >= 4 is 39.1 Å². The van der Waals surface area contributed by atoms with Crippen molar-refractivity contribution in [1.29, 1.82) is 0 Å². The molecule has 8 heteroatoms. The molecule has 0 aliphatic heterocycles. The second kappa shape index (κ2) is 9.50. The van der Waals surface area contributed by atoms with E-state index in [1.807, 2.05) is 69.8 Å². The van der Waals surface area contributed by atoms with Gasteiger partial charge in [-0.25, -0.2) is 9.78 Å². The van der Waals surface area contributed by atoms with E-state index < -0.39 is 0 Å². The van der Waals surface area contributed by atoms with E-state index in [9.17, 15) is 9.59 Å². The second-order valence-corrected chi connectivity index (χ2v) is 10.7. The first kappa shape index (κ1) is 24.2. The van der Waals surface area contributed by atoms with Crippen LogP contribution in [-0.2, 0) is 24.6 Å². The molecule has 1 aromatic carbocycles. The van der Waals surface area contributed by atoms with E-state index in [0.29, 0.717) is 21.8 Å². The predicted molar refractivity (Wildman–Crippen MR) is 143 cm³/mol. The van der Waals surface area contributed by atoms with Gasteiger partial charge >= 0.3 is 5.97 Å². The minimum absolute atomic E-state index is 0.238. The molecule has 36 heavy (non-hydrogen) atoms. The molecule has 0 bridgehead atoms. The Morgan fingerprint density at radius 3 is 2.61 bits per heavy atom. The maximum absolute atomic E-state index is 13.8. The van der Waals surface area contributed by atoms with E-state index in [4.69, 9.17) is 9.72 Å². The van der Waals surface area contributed by atoms with E-state index in [0.717, 1.165) is 64.0 Å². The van der Waals surface area contributed by atoms with Crippen LogP contribution in [0.25, 0.3) is 22.2 Å². The number of ether oxygens (including phenoxy) is 1. The molecule has 3 aromatic heterocycles. The topological polar surface area (TPSA) is 86.1 Å². The van der Waals surface area contributed by atoms with Gasteiger partial charge in [0.05, 0.1) is 34.1 Å². The molecular weight excluding hydrogens is 472 g/mol. The van der Waals surface area contributed by atoms with Gasteiger partial charge in [-0.2, -0.15) is 5.10 Å². The maximum Gasteiger partial charge on any atom is 0.341 e. The van der Waals surface area contributed by atoms with Gasteiger partial charge in [0.1, 0.15) is 5.00 Å². The van der Waals surface area contributed by atoms with Gasteiger partial charge in [0, 0.05) is 28.6 Å². The number of esters is 1. The van der Waals surface area contributed by atoms with Crippen molar-refractivity contribution < 1.29 is 14.3 Å². The number of fused-ring (bicyclic) bond motifs is 2. The van der Waals surface area contributed by atoms with Crippen molar-refractivity contribution in [2.75, 3.05) is 5.32 Å². The summed E-state index contributed by atoms with van der Waals surface area (Å²) in [4.78, 5) is 32.9. The summed E-state index contributed by atoms with van der Waals surface area (Å²) in [6.45, 7) is 7.61. The molecule has 1 amide bonds. The fourth-order valence-corrected chi connectivity index (χ4v) is 6.22. The molecule has 0 unspecified atom stereocenters. The van der Waals surface area contributed by atoms with Gasteiger partial charge in [-0.1, -0.05) is 18.2 Å². The molecule has 1 aliphatic carbocycles. The average Bonchev–Trinajstić information content (AvgIpc) is 3.33. The van der Waals surface area contributed by atoms with Gasteiger partial charge in [-0.05, 0) is 71.1 Å². The van der Waals surface area contributed by atoms with E-state index in [-0.39, 0.29) is 18.0 Å². The zero-order valence-electron chi connectivity index (χ0n) is 21.3. The average molecular weight is 503 g/mol. The molecule has 1 aliphatic rings. The van der Waals surface area contributed by atoms with Crippen LogP contribution < -0.4 is 5.32 Å². The predicted octanol–water partition coefficient (Wildman–Crippen LogP) is 6.01. The molecule has 0 fully saturated rings. The van der Waals surface area contributed by atoms with Crippen LogP contribution in [0.3, 0.4) is 0 Å². The fraction of sp³-hybridized carbons (Fsp3) is 0.357. The molecule has 0 atom stereocenters. The number of nitrogens with one attached hydrogen (secondary N) is 1. The lowest BCUT2D eigenvalue weighted by molar-refractivity contribution is 0.0378. The first-order chi connectivity index (χ1) is 17.2. The van der Waals surface area contributed by atoms with Crippen LogP contribution in [0.4, 0.5) is 5.00 Å². The number of aryl methyl sites for hydroxylation is 3. The third-order valence-corrected chi connectivity index (χ3v) is 7.88. The van der Waals surface area contributed by atoms with Gasteiger partial charge in [-0.15, -0.1) is 11.3 Å². The molecule has 7 nitrogen and oxygen atoms in total. The number of hydrogen-bond donors (Lipinski definition) is 1. The lowest BCUT2D eigenvalue weighted by Crippen LogP contribution is -2.18. The molecule has 0 radical (unpaired) electrons. The van der Waals surface area contributed by atoms with Crippen molar-refractivity contribution in [3.8, 4) is 11.3 Å². The van der Waals surface area contributed by atoms with Crippen molar-refractivity contribution in [2.45, 2.75) is 59.5 Å². The van der Waals surface area contributed by atoms with Crippen LogP contribution in [0.5, 0.6) is 0 Å². The summed E-state index contributed by atoms with van der Waals surface area (Å²) in [5.41, 5.74) is 6.22. The molecule has 0 saturated heterocycles. The van der Waals surface area contributed by atoms with Gasteiger partial charge in [0.15, 0.2) is 0 Å². The highest BCUT2D eigenvalue weighted by Gasteiger charge is 2.28.